The van der Waals surface area contributed by atoms with Crippen LogP contribution < -0.4 is 14.2 Å². The molecule has 2 aliphatic rings. The molecule has 1 amide bonds. The molecule has 2 aliphatic heterocycles. The van der Waals surface area contributed by atoms with Crippen molar-refractivity contribution in [2.24, 2.45) is 0 Å². The van der Waals surface area contributed by atoms with Crippen LogP contribution in [0.1, 0.15) is 25.8 Å². The summed E-state index contributed by atoms with van der Waals surface area (Å²) in [6.07, 6.45) is 6.28. The number of amides is 1. The van der Waals surface area contributed by atoms with Crippen LogP contribution in [0.15, 0.2) is 36.8 Å². The Bertz CT molecular complexity index is 825. The third-order valence-electron chi connectivity index (χ3n) is 4.73. The molecule has 7 nitrogen and oxygen atoms in total. The molecule has 0 radical (unpaired) electrons. The van der Waals surface area contributed by atoms with Gasteiger partial charge in [0.25, 0.3) is 5.91 Å². The van der Waals surface area contributed by atoms with Crippen molar-refractivity contribution in [3.63, 3.8) is 0 Å². The van der Waals surface area contributed by atoms with E-state index in [1.54, 1.807) is 23.5 Å². The Morgan fingerprint density at radius 3 is 3.07 bits per heavy atom. The van der Waals surface area contributed by atoms with E-state index in [-0.39, 0.29) is 24.2 Å². The molecule has 1 aromatic carbocycles. The highest BCUT2D eigenvalue weighted by atomic mass is 16.5. The number of nitrogens with zero attached hydrogens (tertiary/aromatic N) is 3. The molecule has 2 aromatic rings. The number of fused-ring (bicyclic) bond motifs is 1. The first-order valence-corrected chi connectivity index (χ1v) is 9.14. The van der Waals surface area contributed by atoms with E-state index in [0.29, 0.717) is 24.7 Å². The van der Waals surface area contributed by atoms with E-state index in [1.165, 1.54) is 0 Å². The maximum atomic E-state index is 12.5. The number of carbonyl (C=O) groups excluding carboxylic acids is 1. The Morgan fingerprint density at radius 2 is 2.26 bits per heavy atom. The lowest BCUT2D eigenvalue weighted by atomic mass is 10.0. The second kappa shape index (κ2) is 7.06. The van der Waals surface area contributed by atoms with Gasteiger partial charge in [-0.15, -0.1) is 0 Å². The van der Waals surface area contributed by atoms with Crippen molar-refractivity contribution < 1.29 is 19.0 Å². The Balaban J connectivity index is 1.32. The molecule has 0 aliphatic carbocycles. The summed E-state index contributed by atoms with van der Waals surface area (Å²) < 4.78 is 17.5. The van der Waals surface area contributed by atoms with E-state index < -0.39 is 0 Å². The van der Waals surface area contributed by atoms with Gasteiger partial charge in [-0.3, -0.25) is 9.78 Å². The van der Waals surface area contributed by atoms with Crippen molar-refractivity contribution in [3.05, 3.63) is 42.4 Å². The quantitative estimate of drug-likeness (QED) is 0.805. The minimum Gasteiger partial charge on any atom is -0.483 e. The normalized spacial score (nSPS) is 20.1. The molecule has 0 spiro atoms. The number of hydrogen-bond acceptors (Lipinski definition) is 6. The van der Waals surface area contributed by atoms with Crippen LogP contribution in [0, 0.1) is 0 Å². The van der Waals surface area contributed by atoms with Gasteiger partial charge >= 0.3 is 0 Å². The predicted molar refractivity (Wildman–Crippen MR) is 98.0 cm³/mol. The molecule has 0 bridgehead atoms. The number of aromatic nitrogens is 2. The Labute approximate surface area is 158 Å². The summed E-state index contributed by atoms with van der Waals surface area (Å²) >= 11 is 0. The summed E-state index contributed by atoms with van der Waals surface area (Å²) in [5, 5.41) is 0. The minimum absolute atomic E-state index is 0.0158. The minimum atomic E-state index is -0.244. The molecule has 142 valence electrons. The van der Waals surface area contributed by atoms with E-state index >= 15 is 0 Å². The molecule has 1 fully saturated rings. The van der Waals surface area contributed by atoms with Crippen molar-refractivity contribution in [1.82, 2.24) is 14.9 Å². The van der Waals surface area contributed by atoms with Crippen LogP contribution in [0.2, 0.25) is 0 Å². The molecule has 1 saturated heterocycles. The highest BCUT2D eigenvalue weighted by Gasteiger charge is 2.33. The molecular formula is C20H23N3O4. The van der Waals surface area contributed by atoms with Crippen LogP contribution in [0.5, 0.6) is 17.4 Å². The molecular weight excluding hydrogens is 346 g/mol. The van der Waals surface area contributed by atoms with Gasteiger partial charge < -0.3 is 19.1 Å². The molecule has 1 unspecified atom stereocenters. The molecule has 0 saturated carbocycles. The lowest BCUT2D eigenvalue weighted by molar-refractivity contribution is -0.132. The van der Waals surface area contributed by atoms with E-state index in [2.05, 4.69) is 9.97 Å². The third-order valence-corrected chi connectivity index (χ3v) is 4.73. The zero-order valence-electron chi connectivity index (χ0n) is 15.6. The van der Waals surface area contributed by atoms with Crippen LogP contribution >= 0.6 is 0 Å². The van der Waals surface area contributed by atoms with E-state index in [0.717, 1.165) is 24.2 Å². The number of para-hydroxylation sites is 1. The smallest absolute Gasteiger partial charge is 0.260 e. The highest BCUT2D eigenvalue weighted by molar-refractivity contribution is 5.78. The number of carbonyl (C=O) groups is 1. The van der Waals surface area contributed by atoms with Crippen molar-refractivity contribution in [1.29, 1.82) is 0 Å². The number of hydrogen-bond donors (Lipinski definition) is 0. The van der Waals surface area contributed by atoms with Crippen LogP contribution in [-0.2, 0) is 11.2 Å². The number of rotatable bonds is 5. The van der Waals surface area contributed by atoms with Crippen LogP contribution in [0.25, 0.3) is 0 Å². The zero-order chi connectivity index (χ0) is 18.9. The molecule has 0 N–H and O–H groups in total. The summed E-state index contributed by atoms with van der Waals surface area (Å²) in [6, 6.07) is 5.81. The fourth-order valence-electron chi connectivity index (χ4n) is 3.50. The zero-order valence-corrected chi connectivity index (χ0v) is 15.6. The van der Waals surface area contributed by atoms with Crippen molar-refractivity contribution in [3.8, 4) is 17.4 Å². The first-order chi connectivity index (χ1) is 13.0. The summed E-state index contributed by atoms with van der Waals surface area (Å²) in [5.74, 6) is 1.79. The van der Waals surface area contributed by atoms with Gasteiger partial charge in [0, 0.05) is 37.3 Å². The average molecular weight is 369 g/mol. The van der Waals surface area contributed by atoms with Gasteiger partial charge in [-0.25, -0.2) is 4.98 Å². The third kappa shape index (κ3) is 3.97. The molecule has 7 heteroatoms. The monoisotopic (exact) mass is 369 g/mol. The summed E-state index contributed by atoms with van der Waals surface area (Å²) in [6.45, 7) is 5.24. The van der Waals surface area contributed by atoms with Gasteiger partial charge in [-0.05, 0) is 19.9 Å². The summed E-state index contributed by atoms with van der Waals surface area (Å²) in [5.41, 5.74) is 0.870. The SMILES string of the molecule is CC1(C)Cc2cccc(OCC(=O)N3CCC(Oc4cnccn4)C3)c2O1. The summed E-state index contributed by atoms with van der Waals surface area (Å²) in [4.78, 5) is 22.4. The van der Waals surface area contributed by atoms with E-state index in [4.69, 9.17) is 14.2 Å². The van der Waals surface area contributed by atoms with Gasteiger partial charge in [0.05, 0.1) is 12.7 Å². The molecule has 3 heterocycles. The van der Waals surface area contributed by atoms with Gasteiger partial charge in [0.2, 0.25) is 5.88 Å². The second-order valence-electron chi connectivity index (χ2n) is 7.48. The summed E-state index contributed by atoms with van der Waals surface area (Å²) in [7, 11) is 0. The number of ether oxygens (including phenoxy) is 3. The lowest BCUT2D eigenvalue weighted by Gasteiger charge is -2.19. The number of likely N-dealkylation sites (tertiary alicyclic amines) is 1. The van der Waals surface area contributed by atoms with Gasteiger partial charge in [-0.1, -0.05) is 12.1 Å². The van der Waals surface area contributed by atoms with Gasteiger partial charge in [0.15, 0.2) is 18.1 Å². The van der Waals surface area contributed by atoms with Crippen LogP contribution in [-0.4, -0.2) is 52.2 Å². The van der Waals surface area contributed by atoms with Crippen molar-refractivity contribution in [2.45, 2.75) is 38.4 Å². The Morgan fingerprint density at radius 1 is 1.37 bits per heavy atom. The number of benzene rings is 1. The molecule has 27 heavy (non-hydrogen) atoms. The average Bonchev–Trinajstić information content (AvgIpc) is 3.23. The highest BCUT2D eigenvalue weighted by Crippen LogP contribution is 2.41. The Hall–Kier alpha value is -2.83. The predicted octanol–water partition coefficient (Wildman–Crippen LogP) is 2.25. The van der Waals surface area contributed by atoms with Gasteiger partial charge in [-0.2, -0.15) is 0 Å². The van der Waals surface area contributed by atoms with Gasteiger partial charge in [0.1, 0.15) is 11.7 Å². The first kappa shape index (κ1) is 17.6. The first-order valence-electron chi connectivity index (χ1n) is 9.14. The topological polar surface area (TPSA) is 73.8 Å². The van der Waals surface area contributed by atoms with Crippen molar-refractivity contribution >= 4 is 5.91 Å². The van der Waals surface area contributed by atoms with Crippen LogP contribution in [0.3, 0.4) is 0 Å². The standard InChI is InChI=1S/C20H23N3O4/c1-20(2)10-14-4-3-5-16(19(14)27-20)25-13-18(24)23-9-6-15(12-23)26-17-11-21-7-8-22-17/h3-5,7-8,11,15H,6,9-10,12-13H2,1-2H3. The fraction of sp³-hybridized carbons (Fsp3) is 0.450. The molecule has 4 rings (SSSR count). The van der Waals surface area contributed by atoms with Crippen LogP contribution in [0.4, 0.5) is 0 Å². The van der Waals surface area contributed by atoms with E-state index in [1.807, 2.05) is 32.0 Å². The molecule has 1 atom stereocenters. The lowest BCUT2D eigenvalue weighted by Crippen LogP contribution is -2.34. The largest absolute Gasteiger partial charge is 0.483 e. The van der Waals surface area contributed by atoms with E-state index in [9.17, 15) is 4.79 Å². The second-order valence-corrected chi connectivity index (χ2v) is 7.48. The fourth-order valence-corrected chi connectivity index (χ4v) is 3.50. The van der Waals surface area contributed by atoms with Crippen molar-refractivity contribution in [2.75, 3.05) is 19.7 Å². The Kier molecular flexibility index (Phi) is 4.59. The maximum Gasteiger partial charge on any atom is 0.260 e. The maximum absolute atomic E-state index is 12.5. The molecule has 1 aromatic heterocycles.